The van der Waals surface area contributed by atoms with E-state index in [9.17, 15) is 0 Å². The third-order valence-electron chi connectivity index (χ3n) is 2.72. The van der Waals surface area contributed by atoms with E-state index in [4.69, 9.17) is 4.74 Å². The van der Waals surface area contributed by atoms with E-state index in [-0.39, 0.29) is 0 Å². The molecule has 0 N–H and O–H groups in total. The van der Waals surface area contributed by atoms with Crippen LogP contribution in [0, 0.1) is 0 Å². The molecule has 1 aliphatic heterocycles. The lowest BCUT2D eigenvalue weighted by molar-refractivity contribution is 0.193. The van der Waals surface area contributed by atoms with Crippen molar-refractivity contribution in [1.29, 1.82) is 0 Å². The van der Waals surface area contributed by atoms with Crippen LogP contribution in [-0.2, 0) is 4.74 Å². The van der Waals surface area contributed by atoms with E-state index in [0.717, 1.165) is 35.6 Å². The van der Waals surface area contributed by atoms with Crippen LogP contribution < -0.4 is 0 Å². The number of hydrogen-bond donors (Lipinski definition) is 0. The Balaban J connectivity index is 2.17. The molecule has 1 unspecified atom stereocenters. The summed E-state index contributed by atoms with van der Waals surface area (Å²) in [7, 11) is 0. The first-order valence-corrected chi connectivity index (χ1v) is 5.71. The Morgan fingerprint density at radius 2 is 2.47 bits per heavy atom. The highest BCUT2D eigenvalue weighted by atomic mass is 79.9. The third-order valence-corrected chi connectivity index (χ3v) is 3.31. The smallest absolute Gasteiger partial charge is 0.133 e. The van der Waals surface area contributed by atoms with Gasteiger partial charge in [0.1, 0.15) is 10.4 Å². The van der Waals surface area contributed by atoms with Crippen molar-refractivity contribution in [3.63, 3.8) is 0 Å². The Morgan fingerprint density at radius 1 is 1.53 bits per heavy atom. The van der Waals surface area contributed by atoms with Gasteiger partial charge >= 0.3 is 0 Å². The van der Waals surface area contributed by atoms with Gasteiger partial charge in [-0.3, -0.25) is 9.38 Å². The molecule has 0 aliphatic carbocycles. The van der Waals surface area contributed by atoms with Gasteiger partial charge in [-0.1, -0.05) is 0 Å². The maximum Gasteiger partial charge on any atom is 0.133 e. The predicted molar refractivity (Wildman–Crippen MR) is 58.9 cm³/mol. The monoisotopic (exact) mass is 267 g/mol. The highest BCUT2D eigenvalue weighted by Gasteiger charge is 2.23. The second-order valence-electron chi connectivity index (χ2n) is 3.65. The Labute approximate surface area is 95.4 Å². The van der Waals surface area contributed by atoms with E-state index < -0.39 is 0 Å². The van der Waals surface area contributed by atoms with Gasteiger partial charge in [0.2, 0.25) is 0 Å². The van der Waals surface area contributed by atoms with Gasteiger partial charge in [0.25, 0.3) is 0 Å². The molecule has 0 saturated carbocycles. The molecule has 2 aromatic heterocycles. The number of fused-ring (bicyclic) bond motifs is 1. The second kappa shape index (κ2) is 3.57. The van der Waals surface area contributed by atoms with Crippen molar-refractivity contribution in [3.8, 4) is 0 Å². The van der Waals surface area contributed by atoms with Crippen LogP contribution in [0.3, 0.4) is 0 Å². The van der Waals surface area contributed by atoms with Crippen molar-refractivity contribution in [2.75, 3.05) is 13.2 Å². The van der Waals surface area contributed by atoms with Crippen LogP contribution in [-0.4, -0.2) is 27.6 Å². The number of hydrogen-bond acceptors (Lipinski definition) is 3. The zero-order chi connectivity index (χ0) is 10.3. The summed E-state index contributed by atoms with van der Waals surface area (Å²) in [5, 5.41) is 0. The van der Waals surface area contributed by atoms with E-state index in [2.05, 4.69) is 30.3 Å². The highest BCUT2D eigenvalue weighted by Crippen LogP contribution is 2.28. The summed E-state index contributed by atoms with van der Waals surface area (Å²) < 4.78 is 8.32. The standard InChI is InChI=1S/C10H10BrN3O/c11-9-8-5-12-2-3-14(8)10(13-9)7-1-4-15-6-7/h2-3,5,7H,1,4,6H2. The zero-order valence-corrected chi connectivity index (χ0v) is 9.64. The molecule has 1 atom stereocenters. The molecule has 2 aromatic rings. The molecule has 4 nitrogen and oxygen atoms in total. The third kappa shape index (κ3) is 1.46. The van der Waals surface area contributed by atoms with Crippen molar-refractivity contribution >= 4 is 21.4 Å². The topological polar surface area (TPSA) is 39.4 Å². The van der Waals surface area contributed by atoms with Gasteiger partial charge < -0.3 is 4.74 Å². The molecule has 0 radical (unpaired) electrons. The Bertz CT molecular complexity index is 490. The average molecular weight is 268 g/mol. The first kappa shape index (κ1) is 9.30. The van der Waals surface area contributed by atoms with Gasteiger partial charge in [0.05, 0.1) is 18.3 Å². The molecule has 1 fully saturated rings. The highest BCUT2D eigenvalue weighted by molar-refractivity contribution is 9.10. The molecular formula is C10H10BrN3O. The van der Waals surface area contributed by atoms with Crippen LogP contribution in [0.4, 0.5) is 0 Å². The van der Waals surface area contributed by atoms with Gasteiger partial charge in [-0.2, -0.15) is 0 Å². The van der Waals surface area contributed by atoms with E-state index >= 15 is 0 Å². The van der Waals surface area contributed by atoms with Gasteiger partial charge in [0.15, 0.2) is 0 Å². The number of halogens is 1. The van der Waals surface area contributed by atoms with Crippen molar-refractivity contribution in [3.05, 3.63) is 29.0 Å². The maximum atomic E-state index is 5.39. The zero-order valence-electron chi connectivity index (χ0n) is 8.06. The Morgan fingerprint density at radius 3 is 3.27 bits per heavy atom. The summed E-state index contributed by atoms with van der Waals surface area (Å²) in [6.07, 6.45) is 6.59. The lowest BCUT2D eigenvalue weighted by Crippen LogP contribution is -2.03. The fourth-order valence-corrected chi connectivity index (χ4v) is 2.43. The first-order chi connectivity index (χ1) is 7.36. The molecule has 0 amide bonds. The summed E-state index contributed by atoms with van der Waals surface area (Å²) in [5.41, 5.74) is 1.01. The van der Waals surface area contributed by atoms with Crippen molar-refractivity contribution < 1.29 is 4.74 Å². The molecule has 0 aromatic carbocycles. The van der Waals surface area contributed by atoms with E-state index in [0.29, 0.717) is 5.92 Å². The quantitative estimate of drug-likeness (QED) is 0.794. The lowest BCUT2D eigenvalue weighted by atomic mass is 10.1. The molecule has 0 bridgehead atoms. The minimum atomic E-state index is 0.409. The number of ether oxygens (including phenoxy) is 1. The summed E-state index contributed by atoms with van der Waals surface area (Å²) in [5.74, 6) is 1.47. The normalized spacial score (nSPS) is 21.3. The fourth-order valence-electron chi connectivity index (χ4n) is 1.95. The van der Waals surface area contributed by atoms with Crippen molar-refractivity contribution in [2.45, 2.75) is 12.3 Å². The summed E-state index contributed by atoms with van der Waals surface area (Å²) in [6, 6.07) is 0. The van der Waals surface area contributed by atoms with Gasteiger partial charge in [-0.05, 0) is 22.4 Å². The summed E-state index contributed by atoms with van der Waals surface area (Å²) >= 11 is 3.45. The van der Waals surface area contributed by atoms with Crippen molar-refractivity contribution in [2.24, 2.45) is 0 Å². The number of imidazole rings is 1. The first-order valence-electron chi connectivity index (χ1n) is 4.91. The van der Waals surface area contributed by atoms with E-state index in [1.807, 2.05) is 12.4 Å². The molecule has 5 heteroatoms. The molecule has 3 heterocycles. The second-order valence-corrected chi connectivity index (χ2v) is 4.40. The number of aromatic nitrogens is 3. The number of nitrogens with zero attached hydrogens (tertiary/aromatic N) is 3. The van der Waals surface area contributed by atoms with Crippen LogP contribution in [0.2, 0.25) is 0 Å². The predicted octanol–water partition coefficient (Wildman–Crippen LogP) is 2.00. The summed E-state index contributed by atoms with van der Waals surface area (Å²) in [6.45, 7) is 1.61. The van der Waals surface area contributed by atoms with Gasteiger partial charge in [0, 0.05) is 24.9 Å². The van der Waals surface area contributed by atoms with E-state index in [1.165, 1.54) is 0 Å². The van der Waals surface area contributed by atoms with Crippen molar-refractivity contribution in [1.82, 2.24) is 14.4 Å². The molecule has 1 saturated heterocycles. The molecule has 78 valence electrons. The van der Waals surface area contributed by atoms with Crippen LogP contribution in [0.15, 0.2) is 23.2 Å². The largest absolute Gasteiger partial charge is 0.381 e. The van der Waals surface area contributed by atoms with Gasteiger partial charge in [-0.25, -0.2) is 4.98 Å². The molecule has 1 aliphatic rings. The van der Waals surface area contributed by atoms with Gasteiger partial charge in [-0.15, -0.1) is 0 Å². The Kier molecular flexibility index (Phi) is 2.21. The minimum absolute atomic E-state index is 0.409. The fraction of sp³-hybridized carbons (Fsp3) is 0.400. The van der Waals surface area contributed by atoms with E-state index in [1.54, 1.807) is 6.20 Å². The summed E-state index contributed by atoms with van der Waals surface area (Å²) in [4.78, 5) is 8.62. The molecule has 0 spiro atoms. The van der Waals surface area contributed by atoms with Crippen LogP contribution in [0.1, 0.15) is 18.2 Å². The number of rotatable bonds is 1. The van der Waals surface area contributed by atoms with Crippen LogP contribution >= 0.6 is 15.9 Å². The average Bonchev–Trinajstić information content (AvgIpc) is 2.87. The SMILES string of the molecule is Brc1nc(C2CCOC2)n2ccncc12. The minimum Gasteiger partial charge on any atom is -0.381 e. The molecular weight excluding hydrogens is 258 g/mol. The molecule has 3 rings (SSSR count). The lowest BCUT2D eigenvalue weighted by Gasteiger charge is -2.05. The molecule has 15 heavy (non-hydrogen) atoms. The van der Waals surface area contributed by atoms with Crippen LogP contribution in [0.25, 0.3) is 5.52 Å². The Hall–Kier alpha value is -0.940. The van der Waals surface area contributed by atoms with Crippen LogP contribution in [0.5, 0.6) is 0 Å². The maximum absolute atomic E-state index is 5.39.